The predicted molar refractivity (Wildman–Crippen MR) is 89.4 cm³/mol. The van der Waals surface area contributed by atoms with Crippen LogP contribution < -0.4 is 4.74 Å². The van der Waals surface area contributed by atoms with E-state index < -0.39 is 0 Å². The lowest BCUT2D eigenvalue weighted by Crippen LogP contribution is -2.04. The van der Waals surface area contributed by atoms with Crippen molar-refractivity contribution in [3.05, 3.63) is 78.2 Å². The van der Waals surface area contributed by atoms with Crippen LogP contribution in [0.3, 0.4) is 0 Å². The SMILES string of the molecule is c1cc(Cn2ncnn2)cc(OCc2ccc3ccccc3n2)c1. The van der Waals surface area contributed by atoms with E-state index in [0.717, 1.165) is 27.9 Å². The summed E-state index contributed by atoms with van der Waals surface area (Å²) in [5.41, 5.74) is 2.93. The number of para-hydroxylation sites is 1. The summed E-state index contributed by atoms with van der Waals surface area (Å²) in [4.78, 5) is 6.15. The van der Waals surface area contributed by atoms with Crippen LogP contribution in [0.5, 0.6) is 5.75 Å². The van der Waals surface area contributed by atoms with Gasteiger partial charge in [-0.1, -0.05) is 36.4 Å². The lowest BCUT2D eigenvalue weighted by atomic mass is 10.2. The number of hydrogen-bond acceptors (Lipinski definition) is 5. The van der Waals surface area contributed by atoms with E-state index >= 15 is 0 Å². The van der Waals surface area contributed by atoms with Gasteiger partial charge in [-0.05, 0) is 35.0 Å². The Labute approximate surface area is 138 Å². The molecule has 24 heavy (non-hydrogen) atoms. The lowest BCUT2D eigenvalue weighted by molar-refractivity contribution is 0.301. The van der Waals surface area contributed by atoms with E-state index in [1.807, 2.05) is 48.5 Å². The minimum atomic E-state index is 0.426. The average Bonchev–Trinajstić information content (AvgIpc) is 3.13. The van der Waals surface area contributed by atoms with Gasteiger partial charge in [-0.3, -0.25) is 0 Å². The summed E-state index contributed by atoms with van der Waals surface area (Å²) in [6.45, 7) is 0.987. The summed E-state index contributed by atoms with van der Waals surface area (Å²) >= 11 is 0. The number of pyridine rings is 1. The maximum absolute atomic E-state index is 5.87. The predicted octanol–water partition coefficient (Wildman–Crippen LogP) is 2.85. The third-order valence-electron chi connectivity index (χ3n) is 3.66. The molecule has 0 atom stereocenters. The van der Waals surface area contributed by atoms with Crippen molar-refractivity contribution in [1.82, 2.24) is 25.2 Å². The zero-order chi connectivity index (χ0) is 16.2. The van der Waals surface area contributed by atoms with Crippen LogP contribution in [0, 0.1) is 0 Å². The first kappa shape index (κ1) is 14.3. The van der Waals surface area contributed by atoms with Gasteiger partial charge in [0, 0.05) is 5.39 Å². The minimum absolute atomic E-state index is 0.426. The molecule has 0 fully saturated rings. The Bertz CT molecular complexity index is 952. The number of rotatable bonds is 5. The zero-order valence-electron chi connectivity index (χ0n) is 12.9. The molecule has 0 amide bonds. The maximum atomic E-state index is 5.87. The molecule has 118 valence electrons. The van der Waals surface area contributed by atoms with Crippen LogP contribution in [0.4, 0.5) is 0 Å². The molecule has 4 aromatic rings. The van der Waals surface area contributed by atoms with Gasteiger partial charge < -0.3 is 4.74 Å². The monoisotopic (exact) mass is 317 g/mol. The molecule has 0 bridgehead atoms. The molecule has 6 nitrogen and oxygen atoms in total. The first-order chi connectivity index (χ1) is 11.9. The number of ether oxygens (including phenoxy) is 1. The van der Waals surface area contributed by atoms with Gasteiger partial charge in [-0.15, -0.1) is 10.2 Å². The van der Waals surface area contributed by atoms with Crippen LogP contribution in [0.25, 0.3) is 10.9 Å². The topological polar surface area (TPSA) is 65.7 Å². The molecule has 2 aromatic carbocycles. The molecule has 0 aliphatic carbocycles. The fourth-order valence-corrected chi connectivity index (χ4v) is 2.50. The highest BCUT2D eigenvalue weighted by Gasteiger charge is 2.02. The van der Waals surface area contributed by atoms with Crippen LogP contribution in [-0.2, 0) is 13.2 Å². The third-order valence-corrected chi connectivity index (χ3v) is 3.66. The van der Waals surface area contributed by atoms with Crippen molar-refractivity contribution in [3.8, 4) is 5.75 Å². The average molecular weight is 317 g/mol. The van der Waals surface area contributed by atoms with Gasteiger partial charge in [0.2, 0.25) is 0 Å². The summed E-state index contributed by atoms with van der Waals surface area (Å²) in [7, 11) is 0. The van der Waals surface area contributed by atoms with Crippen molar-refractivity contribution in [2.24, 2.45) is 0 Å². The third kappa shape index (κ3) is 3.22. The van der Waals surface area contributed by atoms with Crippen molar-refractivity contribution in [1.29, 1.82) is 0 Å². The van der Waals surface area contributed by atoms with Gasteiger partial charge in [0.15, 0.2) is 6.33 Å². The van der Waals surface area contributed by atoms with Crippen molar-refractivity contribution >= 4 is 10.9 Å². The van der Waals surface area contributed by atoms with E-state index in [1.54, 1.807) is 0 Å². The van der Waals surface area contributed by atoms with Crippen molar-refractivity contribution in [2.75, 3.05) is 0 Å². The molecule has 2 heterocycles. The highest BCUT2D eigenvalue weighted by Crippen LogP contribution is 2.17. The summed E-state index contributed by atoms with van der Waals surface area (Å²) in [6, 6.07) is 20.0. The summed E-state index contributed by atoms with van der Waals surface area (Å²) in [6.07, 6.45) is 1.42. The molecule has 0 unspecified atom stereocenters. The van der Waals surface area contributed by atoms with E-state index in [1.165, 1.54) is 11.1 Å². The quantitative estimate of drug-likeness (QED) is 0.566. The molecule has 2 aromatic heterocycles. The molecule has 6 heteroatoms. The number of benzene rings is 2. The van der Waals surface area contributed by atoms with Gasteiger partial charge in [-0.2, -0.15) is 4.80 Å². The molecule has 4 rings (SSSR count). The number of fused-ring (bicyclic) bond motifs is 1. The molecule has 0 spiro atoms. The first-order valence-corrected chi connectivity index (χ1v) is 7.64. The van der Waals surface area contributed by atoms with Crippen LogP contribution in [0.15, 0.2) is 67.0 Å². The summed E-state index contributed by atoms with van der Waals surface area (Å²) < 4.78 is 5.87. The van der Waals surface area contributed by atoms with E-state index in [4.69, 9.17) is 4.74 Å². The van der Waals surface area contributed by atoms with Gasteiger partial charge in [0.05, 0.1) is 17.8 Å². The fourth-order valence-electron chi connectivity index (χ4n) is 2.50. The lowest BCUT2D eigenvalue weighted by Gasteiger charge is -2.08. The molecule has 0 aliphatic rings. The number of tetrazole rings is 1. The smallest absolute Gasteiger partial charge is 0.162 e. The molecular formula is C18H15N5O. The van der Waals surface area contributed by atoms with E-state index in [-0.39, 0.29) is 0 Å². The second-order valence-corrected chi connectivity index (χ2v) is 5.40. The van der Waals surface area contributed by atoms with Crippen LogP contribution in [0.2, 0.25) is 0 Å². The van der Waals surface area contributed by atoms with Crippen LogP contribution >= 0.6 is 0 Å². The number of nitrogens with zero attached hydrogens (tertiary/aromatic N) is 5. The standard InChI is InChI=1S/C18H15N5O/c1-2-7-18-15(5-1)8-9-16(21-18)12-24-17-6-3-4-14(10-17)11-23-20-13-19-22-23/h1-10,13H,11-12H2. The zero-order valence-corrected chi connectivity index (χ0v) is 12.9. The minimum Gasteiger partial charge on any atom is -0.487 e. The Morgan fingerprint density at radius 3 is 2.83 bits per heavy atom. The van der Waals surface area contributed by atoms with Crippen LogP contribution in [-0.4, -0.2) is 25.2 Å². The second kappa shape index (κ2) is 6.45. The highest BCUT2D eigenvalue weighted by molar-refractivity contribution is 5.78. The largest absolute Gasteiger partial charge is 0.487 e. The second-order valence-electron chi connectivity index (χ2n) is 5.40. The van der Waals surface area contributed by atoms with Crippen molar-refractivity contribution in [3.63, 3.8) is 0 Å². The Kier molecular flexibility index (Phi) is 3.85. The molecule has 0 N–H and O–H groups in total. The van der Waals surface area contributed by atoms with Gasteiger partial charge in [0.1, 0.15) is 12.4 Å². The fraction of sp³-hybridized carbons (Fsp3) is 0.111. The number of aromatic nitrogens is 5. The molecule has 0 saturated heterocycles. The highest BCUT2D eigenvalue weighted by atomic mass is 16.5. The van der Waals surface area contributed by atoms with E-state index in [9.17, 15) is 0 Å². The van der Waals surface area contributed by atoms with Crippen LogP contribution in [0.1, 0.15) is 11.3 Å². The van der Waals surface area contributed by atoms with E-state index in [2.05, 4.69) is 32.5 Å². The van der Waals surface area contributed by atoms with Gasteiger partial charge in [-0.25, -0.2) is 4.98 Å². The van der Waals surface area contributed by atoms with Crippen molar-refractivity contribution < 1.29 is 4.74 Å². The Morgan fingerprint density at radius 1 is 0.958 bits per heavy atom. The Hall–Kier alpha value is -3.28. The molecular weight excluding hydrogens is 302 g/mol. The number of hydrogen-bond donors (Lipinski definition) is 0. The van der Waals surface area contributed by atoms with Gasteiger partial charge in [0.25, 0.3) is 0 Å². The normalized spacial score (nSPS) is 10.8. The van der Waals surface area contributed by atoms with E-state index in [0.29, 0.717) is 13.2 Å². The molecule has 0 radical (unpaired) electrons. The summed E-state index contributed by atoms with van der Waals surface area (Å²) in [5.74, 6) is 0.794. The Balaban J connectivity index is 1.46. The van der Waals surface area contributed by atoms with Crippen molar-refractivity contribution in [2.45, 2.75) is 13.2 Å². The first-order valence-electron chi connectivity index (χ1n) is 7.64. The van der Waals surface area contributed by atoms with Gasteiger partial charge >= 0.3 is 0 Å². The summed E-state index contributed by atoms with van der Waals surface area (Å²) in [5, 5.41) is 12.7. The maximum Gasteiger partial charge on any atom is 0.162 e. The Morgan fingerprint density at radius 2 is 1.92 bits per heavy atom. The molecule has 0 saturated carbocycles. The molecule has 0 aliphatic heterocycles.